The molecule has 1 aliphatic heterocycles. The fraction of sp³-hybridized carbons (Fsp3) is 0.250. The van der Waals surface area contributed by atoms with E-state index in [2.05, 4.69) is 25.8 Å². The first kappa shape index (κ1) is 21.5. The molecule has 3 amide bonds. The fourth-order valence-electron chi connectivity index (χ4n) is 3.64. The van der Waals surface area contributed by atoms with Crippen LogP contribution in [0.1, 0.15) is 32.5 Å². The molecule has 34 heavy (non-hydrogen) atoms. The zero-order chi connectivity index (χ0) is 23.9. The summed E-state index contributed by atoms with van der Waals surface area (Å²) in [5.41, 5.74) is 2.41. The molecular weight excluding hydrogens is 436 g/mol. The summed E-state index contributed by atoms with van der Waals surface area (Å²) in [6.07, 6.45) is 1.85. The van der Waals surface area contributed by atoms with Gasteiger partial charge in [-0.1, -0.05) is 32.0 Å². The van der Waals surface area contributed by atoms with Crippen molar-refractivity contribution in [3.8, 4) is 5.75 Å². The number of aromatic nitrogens is 3. The van der Waals surface area contributed by atoms with Gasteiger partial charge in [0, 0.05) is 34.6 Å². The zero-order valence-corrected chi connectivity index (χ0v) is 19.0. The van der Waals surface area contributed by atoms with Crippen molar-refractivity contribution in [1.29, 1.82) is 0 Å². The summed E-state index contributed by atoms with van der Waals surface area (Å²) >= 11 is 0. The van der Waals surface area contributed by atoms with E-state index in [0.29, 0.717) is 34.5 Å². The predicted octanol–water partition coefficient (Wildman–Crippen LogP) is 4.42. The van der Waals surface area contributed by atoms with Gasteiger partial charge < -0.3 is 24.9 Å². The van der Waals surface area contributed by atoms with Crippen molar-refractivity contribution in [2.45, 2.75) is 32.7 Å². The summed E-state index contributed by atoms with van der Waals surface area (Å²) in [4.78, 5) is 34.1. The molecule has 10 nitrogen and oxygen atoms in total. The maximum Gasteiger partial charge on any atom is 0.323 e. The van der Waals surface area contributed by atoms with Crippen LogP contribution in [0.5, 0.6) is 5.75 Å². The van der Waals surface area contributed by atoms with Gasteiger partial charge in [-0.15, -0.1) is 0 Å². The van der Waals surface area contributed by atoms with Crippen LogP contribution in [0.4, 0.5) is 21.9 Å². The van der Waals surface area contributed by atoms with Crippen LogP contribution in [0.3, 0.4) is 0 Å². The van der Waals surface area contributed by atoms with Crippen LogP contribution in [-0.4, -0.2) is 33.7 Å². The van der Waals surface area contributed by atoms with Gasteiger partial charge in [-0.25, -0.2) is 4.79 Å². The zero-order valence-electron chi connectivity index (χ0n) is 19.0. The molecule has 5 rings (SSSR count). The number of rotatable bonds is 4. The van der Waals surface area contributed by atoms with Crippen LogP contribution >= 0.6 is 0 Å². The molecule has 2 aromatic carbocycles. The topological polar surface area (TPSA) is 125 Å². The summed E-state index contributed by atoms with van der Waals surface area (Å²) < 4.78 is 10.9. The minimum absolute atomic E-state index is 0.122. The number of hydrogen-bond donors (Lipinski definition) is 3. The average molecular weight is 460 g/mol. The lowest BCUT2D eigenvalue weighted by Gasteiger charge is -2.28. The van der Waals surface area contributed by atoms with Crippen molar-refractivity contribution in [3.05, 3.63) is 60.4 Å². The number of fused-ring (bicyclic) bond motifs is 2. The lowest BCUT2D eigenvalue weighted by Crippen LogP contribution is -2.38. The molecule has 0 radical (unpaired) electrons. The number of carbonyl (C=O) groups is 2. The first-order valence-corrected chi connectivity index (χ1v) is 10.8. The van der Waals surface area contributed by atoms with Crippen molar-refractivity contribution in [3.63, 3.8) is 0 Å². The number of anilines is 3. The maximum absolute atomic E-state index is 12.5. The summed E-state index contributed by atoms with van der Waals surface area (Å²) in [6, 6.07) is 12.3. The molecule has 0 bridgehead atoms. The Balaban J connectivity index is 1.30. The van der Waals surface area contributed by atoms with Crippen LogP contribution in [0, 0.1) is 0 Å². The summed E-state index contributed by atoms with van der Waals surface area (Å²) in [5, 5.41) is 10.7. The summed E-state index contributed by atoms with van der Waals surface area (Å²) in [6.45, 7) is 5.96. The van der Waals surface area contributed by atoms with E-state index < -0.39 is 6.03 Å². The lowest BCUT2D eigenvalue weighted by molar-refractivity contribution is -0.121. The average Bonchev–Trinajstić information content (AvgIpc) is 3.45. The van der Waals surface area contributed by atoms with E-state index in [9.17, 15) is 9.59 Å². The van der Waals surface area contributed by atoms with Crippen molar-refractivity contribution in [2.24, 2.45) is 0 Å². The molecule has 0 fully saturated rings. The van der Waals surface area contributed by atoms with E-state index in [1.165, 1.54) is 0 Å². The number of amides is 3. The predicted molar refractivity (Wildman–Crippen MR) is 127 cm³/mol. The second-order valence-corrected chi connectivity index (χ2v) is 9.08. The van der Waals surface area contributed by atoms with Gasteiger partial charge in [0.2, 0.25) is 5.89 Å². The highest BCUT2D eigenvalue weighted by molar-refractivity contribution is 6.02. The molecule has 0 saturated heterocycles. The molecule has 0 atom stereocenters. The molecule has 2 aromatic heterocycles. The van der Waals surface area contributed by atoms with Gasteiger partial charge in [0.25, 0.3) is 5.91 Å². The summed E-state index contributed by atoms with van der Waals surface area (Å²) in [7, 11) is 0. The SMILES string of the molecule is CC(C)(C)c1nc(CN2C(=O)COc3cc(NC(=O)Nc4ccc5cc[nH]c5c4)ccc32)no1. The van der Waals surface area contributed by atoms with Gasteiger partial charge >= 0.3 is 6.03 Å². The number of aromatic amines is 1. The molecule has 0 aliphatic carbocycles. The van der Waals surface area contributed by atoms with Gasteiger partial charge in [-0.2, -0.15) is 4.98 Å². The van der Waals surface area contributed by atoms with E-state index >= 15 is 0 Å². The number of benzene rings is 2. The molecule has 0 unspecified atom stereocenters. The first-order chi connectivity index (χ1) is 16.3. The Hall–Kier alpha value is -4.34. The Labute approximate surface area is 195 Å². The Kier molecular flexibility index (Phi) is 5.20. The van der Waals surface area contributed by atoms with Gasteiger partial charge in [0.1, 0.15) is 5.75 Å². The number of nitrogens with one attached hydrogen (secondary N) is 3. The monoisotopic (exact) mass is 460 g/mol. The first-order valence-electron chi connectivity index (χ1n) is 10.8. The van der Waals surface area contributed by atoms with E-state index in [0.717, 1.165) is 10.9 Å². The fourth-order valence-corrected chi connectivity index (χ4v) is 3.64. The number of urea groups is 1. The molecule has 4 aromatic rings. The Bertz CT molecular complexity index is 1380. The van der Waals surface area contributed by atoms with Crippen molar-refractivity contribution >= 4 is 39.9 Å². The Morgan fingerprint density at radius 1 is 1.12 bits per heavy atom. The highest BCUT2D eigenvalue weighted by atomic mass is 16.5. The van der Waals surface area contributed by atoms with E-state index in [1.54, 1.807) is 23.1 Å². The van der Waals surface area contributed by atoms with Gasteiger partial charge in [0.05, 0.1) is 12.2 Å². The summed E-state index contributed by atoms with van der Waals surface area (Å²) in [5.74, 6) is 1.17. The van der Waals surface area contributed by atoms with E-state index in [4.69, 9.17) is 9.26 Å². The third-order valence-electron chi connectivity index (χ3n) is 5.38. The Morgan fingerprint density at radius 3 is 2.65 bits per heavy atom. The van der Waals surface area contributed by atoms with Crippen LogP contribution in [0.2, 0.25) is 0 Å². The number of nitrogens with zero attached hydrogens (tertiary/aromatic N) is 3. The molecule has 10 heteroatoms. The van der Waals surface area contributed by atoms with Crippen molar-refractivity contribution < 1.29 is 18.8 Å². The number of ether oxygens (including phenoxy) is 1. The lowest BCUT2D eigenvalue weighted by atomic mass is 9.97. The molecule has 3 N–H and O–H groups in total. The highest BCUT2D eigenvalue weighted by Gasteiger charge is 2.29. The second-order valence-electron chi connectivity index (χ2n) is 9.08. The number of hydrogen-bond acceptors (Lipinski definition) is 6. The van der Waals surface area contributed by atoms with Gasteiger partial charge in [-0.3, -0.25) is 9.69 Å². The third-order valence-corrected chi connectivity index (χ3v) is 5.38. The highest BCUT2D eigenvalue weighted by Crippen LogP contribution is 2.35. The molecule has 0 spiro atoms. The second kappa shape index (κ2) is 8.22. The molecular formula is C24H24N6O4. The van der Waals surface area contributed by atoms with Crippen molar-refractivity contribution in [2.75, 3.05) is 22.1 Å². The molecule has 0 saturated carbocycles. The smallest absolute Gasteiger partial charge is 0.323 e. The standard InChI is InChI=1S/C24H24N6O4/c1-24(2,3)22-28-20(29-34-22)12-30-18-7-6-16(11-19(18)33-13-21(30)31)27-23(32)26-15-5-4-14-8-9-25-17(14)10-15/h4-11,25H,12-13H2,1-3H3,(H2,26,27,32). The van der Waals surface area contributed by atoms with Crippen LogP contribution in [0.15, 0.2) is 53.2 Å². The van der Waals surface area contributed by atoms with E-state index in [1.807, 2.05) is 51.2 Å². The minimum atomic E-state index is -0.392. The molecule has 174 valence electrons. The van der Waals surface area contributed by atoms with Crippen molar-refractivity contribution in [1.82, 2.24) is 15.1 Å². The maximum atomic E-state index is 12.5. The van der Waals surface area contributed by atoms with Gasteiger partial charge in [-0.05, 0) is 35.7 Å². The Morgan fingerprint density at radius 2 is 1.88 bits per heavy atom. The molecule has 3 heterocycles. The molecule has 1 aliphatic rings. The van der Waals surface area contributed by atoms with Crippen LogP contribution < -0.4 is 20.3 Å². The number of carbonyl (C=O) groups excluding carboxylic acids is 2. The van der Waals surface area contributed by atoms with E-state index in [-0.39, 0.29) is 24.5 Å². The third kappa shape index (κ3) is 4.29. The minimum Gasteiger partial charge on any atom is -0.481 e. The van der Waals surface area contributed by atoms with Gasteiger partial charge in [0.15, 0.2) is 12.4 Å². The van der Waals surface area contributed by atoms with Crippen LogP contribution in [0.25, 0.3) is 10.9 Å². The normalized spacial score (nSPS) is 13.5. The van der Waals surface area contributed by atoms with Crippen LogP contribution in [-0.2, 0) is 16.8 Å². The number of H-pyrrole nitrogens is 1. The quantitative estimate of drug-likeness (QED) is 0.414. The largest absolute Gasteiger partial charge is 0.481 e.